The van der Waals surface area contributed by atoms with Gasteiger partial charge in [-0.05, 0) is 49.3 Å². The summed E-state index contributed by atoms with van der Waals surface area (Å²) in [5.74, 6) is -0.00186. The molecule has 180 valence electrons. The van der Waals surface area contributed by atoms with Crippen LogP contribution in [-0.2, 0) is 4.79 Å². The number of pyridine rings is 2. The molecule has 36 heavy (non-hydrogen) atoms. The molecule has 3 N–H and O–H groups in total. The van der Waals surface area contributed by atoms with Gasteiger partial charge in [-0.1, -0.05) is 25.7 Å². The second-order valence-electron chi connectivity index (χ2n) is 8.49. The minimum Gasteiger partial charge on any atom is -0.472 e. The summed E-state index contributed by atoms with van der Waals surface area (Å²) in [6.07, 6.45) is 13.7. The molecule has 0 fully saturated rings. The van der Waals surface area contributed by atoms with E-state index in [9.17, 15) is 4.79 Å². The van der Waals surface area contributed by atoms with Crippen LogP contribution in [-0.4, -0.2) is 31.1 Å². The number of H-pyrrole nitrogens is 2. The van der Waals surface area contributed by atoms with Crippen molar-refractivity contribution in [1.82, 2.24) is 30.5 Å². The number of nitrogens with one attached hydrogen (secondary N) is 3. The van der Waals surface area contributed by atoms with Crippen LogP contribution in [0.5, 0.6) is 0 Å². The molecule has 0 saturated heterocycles. The first-order valence-corrected chi connectivity index (χ1v) is 11.7. The molecular weight excluding hydrogens is 452 g/mol. The number of rotatable bonds is 8. The molecule has 5 rings (SSSR count). The predicted octanol–water partition coefficient (Wildman–Crippen LogP) is 6.15. The third kappa shape index (κ3) is 4.48. The van der Waals surface area contributed by atoms with Crippen LogP contribution < -0.4 is 5.32 Å². The van der Waals surface area contributed by atoms with Crippen LogP contribution in [0.25, 0.3) is 50.2 Å². The van der Waals surface area contributed by atoms with E-state index in [-0.39, 0.29) is 5.91 Å². The Bertz CT molecular complexity index is 1620. The number of carbonyl (C=O) groups excluding carboxylic acids is 1. The summed E-state index contributed by atoms with van der Waals surface area (Å²) in [6.45, 7) is 7.70. The van der Waals surface area contributed by atoms with Gasteiger partial charge in [0.15, 0.2) is 5.65 Å². The van der Waals surface area contributed by atoms with Crippen LogP contribution in [0.2, 0.25) is 0 Å². The second kappa shape index (κ2) is 9.87. The lowest BCUT2D eigenvalue weighted by Gasteiger charge is -2.07. The first-order valence-electron chi connectivity index (χ1n) is 11.7. The van der Waals surface area contributed by atoms with E-state index in [4.69, 9.17) is 4.42 Å². The van der Waals surface area contributed by atoms with E-state index in [1.807, 2.05) is 44.2 Å². The zero-order chi connectivity index (χ0) is 25.1. The summed E-state index contributed by atoms with van der Waals surface area (Å²) < 4.78 is 5.26. The molecule has 0 bridgehead atoms. The van der Waals surface area contributed by atoms with Crippen LogP contribution in [0.4, 0.5) is 0 Å². The van der Waals surface area contributed by atoms with Crippen molar-refractivity contribution < 1.29 is 9.21 Å². The number of hydrogen-bond donors (Lipinski definition) is 3. The van der Waals surface area contributed by atoms with Gasteiger partial charge in [0.2, 0.25) is 5.91 Å². The van der Waals surface area contributed by atoms with E-state index in [1.165, 1.54) is 0 Å². The third-order valence-electron chi connectivity index (χ3n) is 5.84. The molecule has 8 heteroatoms. The molecule has 0 atom stereocenters. The SMILES string of the molecule is C=C/C=C(\C=C(/C)NC(=O)CCC)c1cnc2n[nH]c(-c3cc4c(-c5ccoc5)nccc4[nH]3)c2c1. The zero-order valence-corrected chi connectivity index (χ0v) is 20.1. The molecule has 0 aliphatic carbocycles. The first-order chi connectivity index (χ1) is 17.6. The maximum absolute atomic E-state index is 12.0. The molecule has 0 aromatic carbocycles. The van der Waals surface area contributed by atoms with E-state index in [1.54, 1.807) is 31.0 Å². The molecule has 0 radical (unpaired) electrons. The summed E-state index contributed by atoms with van der Waals surface area (Å²) in [6, 6.07) is 7.92. The van der Waals surface area contributed by atoms with Gasteiger partial charge in [-0.15, -0.1) is 0 Å². The van der Waals surface area contributed by atoms with E-state index in [0.29, 0.717) is 12.1 Å². The van der Waals surface area contributed by atoms with Crippen LogP contribution in [0.15, 0.2) is 84.1 Å². The lowest BCUT2D eigenvalue weighted by molar-refractivity contribution is -0.120. The first kappa shape index (κ1) is 23.0. The molecule has 0 saturated carbocycles. The van der Waals surface area contributed by atoms with Crippen molar-refractivity contribution in [3.8, 4) is 22.6 Å². The van der Waals surface area contributed by atoms with E-state index in [0.717, 1.165) is 62.2 Å². The minimum atomic E-state index is -0.00186. The Morgan fingerprint density at radius 1 is 1.22 bits per heavy atom. The minimum absolute atomic E-state index is 0.00186. The fourth-order valence-electron chi connectivity index (χ4n) is 4.21. The molecule has 0 unspecified atom stereocenters. The van der Waals surface area contributed by atoms with Crippen molar-refractivity contribution in [2.24, 2.45) is 0 Å². The van der Waals surface area contributed by atoms with Gasteiger partial charge in [0.1, 0.15) is 0 Å². The molecule has 0 aliphatic heterocycles. The van der Waals surface area contributed by atoms with Crippen LogP contribution >= 0.6 is 0 Å². The largest absolute Gasteiger partial charge is 0.472 e. The van der Waals surface area contributed by atoms with Crippen molar-refractivity contribution in [2.75, 3.05) is 0 Å². The molecule has 5 heterocycles. The second-order valence-corrected chi connectivity index (χ2v) is 8.49. The molecule has 8 nitrogen and oxygen atoms in total. The lowest BCUT2D eigenvalue weighted by Crippen LogP contribution is -2.20. The quantitative estimate of drug-likeness (QED) is 0.232. The van der Waals surface area contributed by atoms with Crippen molar-refractivity contribution in [1.29, 1.82) is 0 Å². The number of allylic oxidation sites excluding steroid dienone is 5. The number of furan rings is 1. The summed E-state index contributed by atoms with van der Waals surface area (Å²) in [5, 5.41) is 12.3. The number of aromatic amines is 2. The van der Waals surface area contributed by atoms with Gasteiger partial charge in [-0.3, -0.25) is 14.9 Å². The molecule has 1 amide bonds. The van der Waals surface area contributed by atoms with E-state index in [2.05, 4.69) is 43.1 Å². The Morgan fingerprint density at radius 3 is 2.89 bits per heavy atom. The van der Waals surface area contributed by atoms with Gasteiger partial charge in [0, 0.05) is 51.9 Å². The summed E-state index contributed by atoms with van der Waals surface area (Å²) >= 11 is 0. The number of carbonyl (C=O) groups is 1. The van der Waals surface area contributed by atoms with Crippen molar-refractivity contribution in [3.05, 3.63) is 85.3 Å². The zero-order valence-electron chi connectivity index (χ0n) is 20.1. The highest BCUT2D eigenvalue weighted by molar-refractivity contribution is 5.99. The number of fused-ring (bicyclic) bond motifs is 2. The van der Waals surface area contributed by atoms with Gasteiger partial charge < -0.3 is 14.7 Å². The average Bonchev–Trinajstić information content (AvgIpc) is 3.62. The third-order valence-corrected chi connectivity index (χ3v) is 5.84. The topological polar surface area (TPSA) is 112 Å². The van der Waals surface area contributed by atoms with Crippen LogP contribution in [0.3, 0.4) is 0 Å². The Morgan fingerprint density at radius 2 is 2.11 bits per heavy atom. The van der Waals surface area contributed by atoms with Gasteiger partial charge in [0.05, 0.1) is 29.6 Å². The number of amides is 1. The Kier molecular flexibility index (Phi) is 6.32. The molecule has 5 aromatic heterocycles. The molecular formula is C28H26N6O2. The van der Waals surface area contributed by atoms with Crippen molar-refractivity contribution in [3.63, 3.8) is 0 Å². The fourth-order valence-corrected chi connectivity index (χ4v) is 4.21. The van der Waals surface area contributed by atoms with Crippen LogP contribution in [0.1, 0.15) is 32.3 Å². The predicted molar refractivity (Wildman–Crippen MR) is 142 cm³/mol. The van der Waals surface area contributed by atoms with Crippen molar-refractivity contribution >= 4 is 33.4 Å². The number of nitrogens with zero attached hydrogens (tertiary/aromatic N) is 3. The van der Waals surface area contributed by atoms with Gasteiger partial charge in [-0.25, -0.2) is 4.98 Å². The Balaban J connectivity index is 1.55. The normalized spacial score (nSPS) is 12.4. The molecule has 0 spiro atoms. The highest BCUT2D eigenvalue weighted by Gasteiger charge is 2.16. The maximum Gasteiger partial charge on any atom is 0.224 e. The van der Waals surface area contributed by atoms with Crippen molar-refractivity contribution in [2.45, 2.75) is 26.7 Å². The van der Waals surface area contributed by atoms with E-state index >= 15 is 0 Å². The average molecular weight is 479 g/mol. The molecule has 0 aliphatic rings. The number of hydrogen-bond acceptors (Lipinski definition) is 5. The van der Waals surface area contributed by atoms with Gasteiger partial charge >= 0.3 is 0 Å². The standard InChI is InChI=1S/C28H26N6O2/c1-4-6-18(12-17(3)31-25(35)7-5-2)20-13-22-27(33-34-28(22)30-15-20)24-14-21-23(32-24)8-10-29-26(21)19-9-11-36-16-19/h4,6,8-16,32H,1,5,7H2,2-3H3,(H,31,35)(H,30,33,34)/b17-12+,18-6+. The highest BCUT2D eigenvalue weighted by atomic mass is 16.3. The highest BCUT2D eigenvalue weighted by Crippen LogP contribution is 2.33. The van der Waals surface area contributed by atoms with E-state index < -0.39 is 0 Å². The van der Waals surface area contributed by atoms with Gasteiger partial charge in [-0.2, -0.15) is 5.10 Å². The smallest absolute Gasteiger partial charge is 0.224 e. The number of aromatic nitrogens is 5. The monoisotopic (exact) mass is 478 g/mol. The summed E-state index contributed by atoms with van der Waals surface area (Å²) in [5.41, 5.74) is 7.52. The Labute approximate surface area is 207 Å². The Hall–Kier alpha value is -4.72. The molecule has 5 aromatic rings. The lowest BCUT2D eigenvalue weighted by atomic mass is 10.0. The fraction of sp³-hybridized carbons (Fsp3) is 0.143. The maximum atomic E-state index is 12.0. The summed E-state index contributed by atoms with van der Waals surface area (Å²) in [4.78, 5) is 24.6. The van der Waals surface area contributed by atoms with Gasteiger partial charge in [0.25, 0.3) is 0 Å². The summed E-state index contributed by atoms with van der Waals surface area (Å²) in [7, 11) is 0. The van der Waals surface area contributed by atoms with Crippen LogP contribution in [0, 0.1) is 0 Å².